The largest absolute Gasteiger partial charge is 0.355 e. The fourth-order valence-corrected chi connectivity index (χ4v) is 2.37. The molecule has 1 N–H and O–H groups in total. The number of likely N-dealkylation sites (N-methyl/N-ethyl adjacent to an activating group) is 1. The quantitative estimate of drug-likeness (QED) is 0.842. The van der Waals surface area contributed by atoms with Crippen molar-refractivity contribution in [2.24, 2.45) is 5.92 Å². The summed E-state index contributed by atoms with van der Waals surface area (Å²) in [5, 5.41) is 3.01. The van der Waals surface area contributed by atoms with E-state index in [-0.39, 0.29) is 11.8 Å². The van der Waals surface area contributed by atoms with E-state index in [0.29, 0.717) is 13.1 Å². The van der Waals surface area contributed by atoms with Gasteiger partial charge in [0.1, 0.15) is 0 Å². The van der Waals surface area contributed by atoms with Crippen molar-refractivity contribution >= 4 is 11.9 Å². The van der Waals surface area contributed by atoms with Crippen molar-refractivity contribution in [3.63, 3.8) is 0 Å². The Morgan fingerprint density at radius 2 is 2.20 bits per heavy atom. The first-order valence-corrected chi connectivity index (χ1v) is 7.11. The second-order valence-corrected chi connectivity index (χ2v) is 5.43. The van der Waals surface area contributed by atoms with Gasteiger partial charge < -0.3 is 15.1 Å². The maximum Gasteiger partial charge on any atom is 0.225 e. The number of nitrogens with one attached hydrogen (secondary N) is 1. The number of carbonyl (C=O) groups is 1. The van der Waals surface area contributed by atoms with Crippen LogP contribution in [0.3, 0.4) is 0 Å². The van der Waals surface area contributed by atoms with Crippen molar-refractivity contribution in [1.29, 1.82) is 0 Å². The predicted octanol–water partition coefficient (Wildman–Crippen LogP) is 0.371. The standard InChI is InChI=1S/C14H23N5O/c1-18(2)10-8-15-13(20)12-5-3-9-19(11-12)14-16-6-4-7-17-14/h4,6-7,12H,3,5,8-11H2,1-2H3,(H,15,20)/t12-/m1/s1. The van der Waals surface area contributed by atoms with E-state index in [1.807, 2.05) is 14.1 Å². The first-order valence-electron chi connectivity index (χ1n) is 7.11. The SMILES string of the molecule is CN(C)CCNC(=O)[C@@H]1CCCN(c2ncccn2)C1. The summed E-state index contributed by atoms with van der Waals surface area (Å²) in [5.74, 6) is 0.903. The van der Waals surface area contributed by atoms with Gasteiger partial charge in [-0.3, -0.25) is 4.79 Å². The molecular weight excluding hydrogens is 254 g/mol. The minimum atomic E-state index is 0.0368. The molecule has 6 nitrogen and oxygen atoms in total. The molecule has 1 amide bonds. The van der Waals surface area contributed by atoms with Crippen LogP contribution in [-0.2, 0) is 4.79 Å². The van der Waals surface area contributed by atoms with Crippen LogP contribution in [0.15, 0.2) is 18.5 Å². The average Bonchev–Trinajstić information content (AvgIpc) is 2.48. The minimum Gasteiger partial charge on any atom is -0.355 e. The molecule has 1 fully saturated rings. The van der Waals surface area contributed by atoms with E-state index in [1.54, 1.807) is 18.5 Å². The minimum absolute atomic E-state index is 0.0368. The summed E-state index contributed by atoms with van der Waals surface area (Å²) in [6.07, 6.45) is 5.42. The first kappa shape index (κ1) is 14.7. The molecule has 0 unspecified atom stereocenters. The summed E-state index contributed by atoms with van der Waals surface area (Å²) >= 11 is 0. The monoisotopic (exact) mass is 277 g/mol. The molecular formula is C14H23N5O. The molecule has 0 radical (unpaired) electrons. The molecule has 110 valence electrons. The summed E-state index contributed by atoms with van der Waals surface area (Å²) in [7, 11) is 4.00. The average molecular weight is 277 g/mol. The highest BCUT2D eigenvalue weighted by Gasteiger charge is 2.26. The molecule has 1 aliphatic rings. The Labute approximate surface area is 120 Å². The van der Waals surface area contributed by atoms with Crippen LogP contribution in [0, 0.1) is 5.92 Å². The van der Waals surface area contributed by atoms with Gasteiger partial charge in [0.15, 0.2) is 0 Å². The first-order chi connectivity index (χ1) is 9.66. The molecule has 1 aromatic rings. The zero-order valence-corrected chi connectivity index (χ0v) is 12.2. The number of hydrogen-bond acceptors (Lipinski definition) is 5. The van der Waals surface area contributed by atoms with Crippen molar-refractivity contribution in [2.45, 2.75) is 12.8 Å². The lowest BCUT2D eigenvalue weighted by Crippen LogP contribution is -2.44. The molecule has 1 aliphatic heterocycles. The third-order valence-corrected chi connectivity index (χ3v) is 3.49. The van der Waals surface area contributed by atoms with Gasteiger partial charge in [0, 0.05) is 38.6 Å². The molecule has 0 saturated carbocycles. The highest BCUT2D eigenvalue weighted by molar-refractivity contribution is 5.79. The van der Waals surface area contributed by atoms with Crippen LogP contribution in [0.5, 0.6) is 0 Å². The summed E-state index contributed by atoms with van der Waals surface area (Å²) < 4.78 is 0. The summed E-state index contributed by atoms with van der Waals surface area (Å²) in [6, 6.07) is 1.80. The number of carbonyl (C=O) groups excluding carboxylic acids is 1. The molecule has 2 rings (SSSR count). The number of piperidine rings is 1. The third kappa shape index (κ3) is 4.16. The Hall–Kier alpha value is -1.69. The van der Waals surface area contributed by atoms with Crippen LogP contribution >= 0.6 is 0 Å². The Morgan fingerprint density at radius 1 is 1.45 bits per heavy atom. The van der Waals surface area contributed by atoms with E-state index in [9.17, 15) is 4.79 Å². The van der Waals surface area contributed by atoms with E-state index in [2.05, 4.69) is 25.1 Å². The molecule has 0 bridgehead atoms. The molecule has 1 atom stereocenters. The molecule has 20 heavy (non-hydrogen) atoms. The van der Waals surface area contributed by atoms with Crippen LogP contribution in [0.4, 0.5) is 5.95 Å². The van der Waals surface area contributed by atoms with Crippen molar-refractivity contribution < 1.29 is 4.79 Å². The smallest absolute Gasteiger partial charge is 0.225 e. The lowest BCUT2D eigenvalue weighted by Gasteiger charge is -2.32. The number of rotatable bonds is 5. The fourth-order valence-electron chi connectivity index (χ4n) is 2.37. The molecule has 6 heteroatoms. The van der Waals surface area contributed by atoms with Gasteiger partial charge in [-0.25, -0.2) is 9.97 Å². The Kier molecular flexibility index (Phi) is 5.29. The Bertz CT molecular complexity index is 423. The second-order valence-electron chi connectivity index (χ2n) is 5.43. The summed E-state index contributed by atoms with van der Waals surface area (Å²) in [4.78, 5) is 24.8. The van der Waals surface area contributed by atoms with Crippen molar-refractivity contribution in [3.05, 3.63) is 18.5 Å². The van der Waals surface area contributed by atoms with Gasteiger partial charge in [-0.15, -0.1) is 0 Å². The zero-order chi connectivity index (χ0) is 14.4. The van der Waals surface area contributed by atoms with Gasteiger partial charge in [0.2, 0.25) is 11.9 Å². The van der Waals surface area contributed by atoms with Crippen LogP contribution in [-0.4, -0.2) is 61.0 Å². The molecule has 0 spiro atoms. The molecule has 1 saturated heterocycles. The van der Waals surface area contributed by atoms with Gasteiger partial charge >= 0.3 is 0 Å². The number of amides is 1. The lowest BCUT2D eigenvalue weighted by atomic mass is 9.97. The van der Waals surface area contributed by atoms with Gasteiger partial charge in [0.25, 0.3) is 0 Å². The Morgan fingerprint density at radius 3 is 2.90 bits per heavy atom. The van der Waals surface area contributed by atoms with Crippen molar-refractivity contribution in [3.8, 4) is 0 Å². The lowest BCUT2D eigenvalue weighted by molar-refractivity contribution is -0.125. The molecule has 0 aliphatic carbocycles. The number of anilines is 1. The van der Waals surface area contributed by atoms with Crippen LogP contribution in [0.1, 0.15) is 12.8 Å². The van der Waals surface area contributed by atoms with E-state index < -0.39 is 0 Å². The molecule has 0 aromatic carbocycles. The van der Waals surface area contributed by atoms with Crippen molar-refractivity contribution in [2.75, 3.05) is 45.2 Å². The highest BCUT2D eigenvalue weighted by Crippen LogP contribution is 2.19. The van der Waals surface area contributed by atoms with Gasteiger partial charge in [0.05, 0.1) is 5.92 Å². The maximum atomic E-state index is 12.2. The topological polar surface area (TPSA) is 61.4 Å². The summed E-state index contributed by atoms with van der Waals surface area (Å²) in [5.41, 5.74) is 0. The number of nitrogens with zero attached hydrogens (tertiary/aromatic N) is 4. The number of hydrogen-bond donors (Lipinski definition) is 1. The second kappa shape index (κ2) is 7.19. The zero-order valence-electron chi connectivity index (χ0n) is 12.2. The maximum absolute atomic E-state index is 12.2. The van der Waals surface area contributed by atoms with Gasteiger partial charge in [-0.2, -0.15) is 0 Å². The van der Waals surface area contributed by atoms with E-state index in [0.717, 1.165) is 31.9 Å². The highest BCUT2D eigenvalue weighted by atomic mass is 16.1. The van der Waals surface area contributed by atoms with E-state index in [1.165, 1.54) is 0 Å². The van der Waals surface area contributed by atoms with E-state index in [4.69, 9.17) is 0 Å². The Balaban J connectivity index is 1.85. The predicted molar refractivity (Wildman–Crippen MR) is 78.5 cm³/mol. The van der Waals surface area contributed by atoms with Crippen LogP contribution < -0.4 is 10.2 Å². The molecule has 2 heterocycles. The van der Waals surface area contributed by atoms with Crippen LogP contribution in [0.25, 0.3) is 0 Å². The van der Waals surface area contributed by atoms with Gasteiger partial charge in [-0.05, 0) is 33.0 Å². The van der Waals surface area contributed by atoms with Crippen molar-refractivity contribution in [1.82, 2.24) is 20.2 Å². The number of aromatic nitrogens is 2. The third-order valence-electron chi connectivity index (χ3n) is 3.49. The van der Waals surface area contributed by atoms with E-state index >= 15 is 0 Å². The normalized spacial score (nSPS) is 19.1. The fraction of sp³-hybridized carbons (Fsp3) is 0.643. The van der Waals surface area contributed by atoms with Crippen LogP contribution in [0.2, 0.25) is 0 Å². The van der Waals surface area contributed by atoms with Gasteiger partial charge in [-0.1, -0.05) is 0 Å². The molecule has 1 aromatic heterocycles. The summed E-state index contributed by atoms with van der Waals surface area (Å²) in [6.45, 7) is 3.19.